The number of hydrogen-bond donors (Lipinski definition) is 1. The maximum atomic E-state index is 11.0. The van der Waals surface area contributed by atoms with Gasteiger partial charge in [0, 0.05) is 5.56 Å². The van der Waals surface area contributed by atoms with Gasteiger partial charge in [-0.05, 0) is 30.7 Å². The summed E-state index contributed by atoms with van der Waals surface area (Å²) in [6.07, 6.45) is 38.3. The van der Waals surface area contributed by atoms with Crippen molar-refractivity contribution in [3.05, 3.63) is 29.8 Å². The molecule has 0 saturated heterocycles. The number of hydrogen-bond acceptors (Lipinski definition) is 1. The van der Waals surface area contributed by atoms with Crippen molar-refractivity contribution >= 4 is 0 Å². The maximum Gasteiger partial charge on any atom is 0.119 e. The molecule has 1 aromatic carbocycles. The molecule has 0 aliphatic carbocycles. The molecule has 0 fully saturated rings. The third-order valence-electron chi connectivity index (χ3n) is 9.25. The molecule has 0 aromatic heterocycles. The Morgan fingerprint density at radius 3 is 1.00 bits per heavy atom. The maximum absolute atomic E-state index is 11.0. The fourth-order valence-electron chi connectivity index (χ4n) is 6.67. The normalized spacial score (nSPS) is 11.9. The molecule has 0 atom stereocenters. The summed E-state index contributed by atoms with van der Waals surface area (Å²) in [6, 6.07) is 8.39. The highest BCUT2D eigenvalue weighted by atomic mass is 16.3. The van der Waals surface area contributed by atoms with Crippen LogP contribution in [0, 0.1) is 0 Å². The van der Waals surface area contributed by atoms with Crippen molar-refractivity contribution < 1.29 is 5.11 Å². The Bertz CT molecular complexity index is 615. The van der Waals surface area contributed by atoms with Gasteiger partial charge in [-0.15, -0.1) is 0 Å². The lowest BCUT2D eigenvalue weighted by molar-refractivity contribution is 0.289. The van der Waals surface area contributed by atoms with E-state index in [9.17, 15) is 5.11 Å². The summed E-state index contributed by atoms with van der Waals surface area (Å²) in [4.78, 5) is 0. The molecule has 0 amide bonds. The molecular weight excluding hydrogens is 472 g/mol. The lowest BCUT2D eigenvalue weighted by atomic mass is 9.69. The van der Waals surface area contributed by atoms with Gasteiger partial charge in [-0.25, -0.2) is 0 Å². The second-order valence-electron chi connectivity index (χ2n) is 12.8. The summed E-state index contributed by atoms with van der Waals surface area (Å²) in [5.41, 5.74) is 1.42. The second kappa shape index (κ2) is 26.0. The summed E-state index contributed by atoms with van der Waals surface area (Å²) >= 11 is 0. The van der Waals surface area contributed by atoms with Crippen LogP contribution in [0.3, 0.4) is 0 Å². The molecule has 0 heterocycles. The zero-order valence-corrected chi connectivity index (χ0v) is 27.1. The molecule has 1 N–H and O–H groups in total. The van der Waals surface area contributed by atoms with Crippen LogP contribution in [0.25, 0.3) is 0 Å². The van der Waals surface area contributed by atoms with Gasteiger partial charge < -0.3 is 5.11 Å². The van der Waals surface area contributed by atoms with Gasteiger partial charge in [0.25, 0.3) is 0 Å². The summed E-state index contributed by atoms with van der Waals surface area (Å²) in [7, 11) is 0. The first kappa shape index (κ1) is 36.0. The first-order valence-corrected chi connectivity index (χ1v) is 18.0. The number of aromatic hydroxyl groups is 1. The lowest BCUT2D eigenvalue weighted by Gasteiger charge is -2.36. The summed E-state index contributed by atoms with van der Waals surface area (Å²) in [6.45, 7) is 6.91. The molecule has 39 heavy (non-hydrogen) atoms. The van der Waals surface area contributed by atoms with E-state index in [2.05, 4.69) is 32.9 Å². The van der Waals surface area contributed by atoms with Crippen molar-refractivity contribution in [1.82, 2.24) is 0 Å². The molecule has 0 bridgehead atoms. The summed E-state index contributed by atoms with van der Waals surface area (Å²) in [5, 5.41) is 11.0. The largest absolute Gasteiger partial charge is 0.508 e. The Labute approximate surface area is 246 Å². The molecular formula is C38H70O. The standard InChI is InChI=1S/C38H70O/c1-4-7-10-13-16-19-22-25-30-35-38(36-31-26-27-32-37(36)39,33-28-23-20-17-14-11-8-5-2)34-29-24-21-18-15-12-9-6-3/h26-27,31-32,39H,4-25,28-30,33-35H2,1-3H3. The van der Waals surface area contributed by atoms with Crippen molar-refractivity contribution in [3.63, 3.8) is 0 Å². The second-order valence-corrected chi connectivity index (χ2v) is 12.8. The minimum absolute atomic E-state index is 0.164. The van der Waals surface area contributed by atoms with Crippen LogP contribution >= 0.6 is 0 Å². The summed E-state index contributed by atoms with van der Waals surface area (Å²) in [5.74, 6) is 0.549. The van der Waals surface area contributed by atoms with Gasteiger partial charge in [0.15, 0.2) is 0 Å². The van der Waals surface area contributed by atoms with E-state index < -0.39 is 0 Å². The molecule has 0 radical (unpaired) electrons. The first-order chi connectivity index (χ1) is 19.2. The first-order valence-electron chi connectivity index (χ1n) is 18.0. The lowest BCUT2D eigenvalue weighted by Crippen LogP contribution is -2.27. The van der Waals surface area contributed by atoms with E-state index in [0.717, 1.165) is 0 Å². The Balaban J connectivity index is 2.70. The minimum Gasteiger partial charge on any atom is -0.508 e. The highest BCUT2D eigenvalue weighted by Crippen LogP contribution is 2.44. The van der Waals surface area contributed by atoms with Crippen LogP contribution in [0.5, 0.6) is 5.75 Å². The van der Waals surface area contributed by atoms with Crippen LogP contribution in [0.15, 0.2) is 24.3 Å². The van der Waals surface area contributed by atoms with Crippen LogP contribution in [0.2, 0.25) is 0 Å². The van der Waals surface area contributed by atoms with Crippen molar-refractivity contribution in [2.75, 3.05) is 0 Å². The third-order valence-corrected chi connectivity index (χ3v) is 9.25. The van der Waals surface area contributed by atoms with E-state index in [-0.39, 0.29) is 5.41 Å². The Kier molecular flexibility index (Phi) is 24.0. The van der Waals surface area contributed by atoms with E-state index in [1.54, 1.807) is 0 Å². The average molecular weight is 543 g/mol. The predicted octanol–water partition coefficient (Wildman–Crippen LogP) is 13.6. The topological polar surface area (TPSA) is 20.2 Å². The molecule has 228 valence electrons. The van der Waals surface area contributed by atoms with E-state index >= 15 is 0 Å². The average Bonchev–Trinajstić information content (AvgIpc) is 2.95. The van der Waals surface area contributed by atoms with Crippen LogP contribution in [-0.4, -0.2) is 5.11 Å². The fraction of sp³-hybridized carbons (Fsp3) is 0.842. The van der Waals surface area contributed by atoms with Gasteiger partial charge >= 0.3 is 0 Å². The van der Waals surface area contributed by atoms with E-state index in [4.69, 9.17) is 0 Å². The SMILES string of the molecule is CCCCCCCCCCCC(CCCCCCCCCC)(CCCCCCCCCC)c1ccccc1O. The van der Waals surface area contributed by atoms with Gasteiger partial charge in [-0.1, -0.05) is 199 Å². The molecule has 0 saturated carbocycles. The summed E-state index contributed by atoms with van der Waals surface area (Å²) < 4.78 is 0. The third kappa shape index (κ3) is 18.1. The molecule has 0 spiro atoms. The smallest absolute Gasteiger partial charge is 0.119 e. The molecule has 0 unspecified atom stereocenters. The quantitative estimate of drug-likeness (QED) is 0.0998. The monoisotopic (exact) mass is 543 g/mol. The fourth-order valence-corrected chi connectivity index (χ4v) is 6.67. The molecule has 1 rings (SSSR count). The van der Waals surface area contributed by atoms with Gasteiger partial charge in [-0.3, -0.25) is 0 Å². The van der Waals surface area contributed by atoms with Gasteiger partial charge in [0.1, 0.15) is 5.75 Å². The molecule has 1 aromatic rings. The van der Waals surface area contributed by atoms with E-state index in [1.807, 2.05) is 12.1 Å². The number of phenols is 1. The van der Waals surface area contributed by atoms with Crippen LogP contribution in [-0.2, 0) is 5.41 Å². The van der Waals surface area contributed by atoms with Crippen molar-refractivity contribution in [1.29, 1.82) is 0 Å². The van der Waals surface area contributed by atoms with Crippen molar-refractivity contribution in [2.45, 2.75) is 206 Å². The Hall–Kier alpha value is -0.980. The number of para-hydroxylation sites is 1. The molecule has 1 heteroatoms. The van der Waals surface area contributed by atoms with Gasteiger partial charge in [0.2, 0.25) is 0 Å². The van der Waals surface area contributed by atoms with E-state index in [0.29, 0.717) is 5.75 Å². The Morgan fingerprint density at radius 2 is 0.692 bits per heavy atom. The van der Waals surface area contributed by atoms with Crippen LogP contribution in [0.4, 0.5) is 0 Å². The number of phenolic OH excluding ortho intramolecular Hbond substituents is 1. The highest BCUT2D eigenvalue weighted by Gasteiger charge is 2.33. The highest BCUT2D eigenvalue weighted by molar-refractivity contribution is 5.38. The molecule has 0 aliphatic heterocycles. The molecule has 0 aliphatic rings. The van der Waals surface area contributed by atoms with Crippen LogP contribution < -0.4 is 0 Å². The van der Waals surface area contributed by atoms with Gasteiger partial charge in [-0.2, -0.15) is 0 Å². The molecule has 1 nitrogen and oxygen atoms in total. The van der Waals surface area contributed by atoms with Gasteiger partial charge in [0.05, 0.1) is 0 Å². The van der Waals surface area contributed by atoms with E-state index in [1.165, 1.54) is 185 Å². The van der Waals surface area contributed by atoms with Crippen molar-refractivity contribution in [2.24, 2.45) is 0 Å². The predicted molar refractivity (Wildman–Crippen MR) is 176 cm³/mol. The van der Waals surface area contributed by atoms with Crippen molar-refractivity contribution in [3.8, 4) is 5.75 Å². The van der Waals surface area contributed by atoms with Crippen LogP contribution in [0.1, 0.15) is 206 Å². The minimum atomic E-state index is 0.164. The Morgan fingerprint density at radius 1 is 0.410 bits per heavy atom. The zero-order valence-electron chi connectivity index (χ0n) is 27.1. The number of unbranched alkanes of at least 4 members (excludes halogenated alkanes) is 22. The zero-order chi connectivity index (χ0) is 28.3. The number of benzene rings is 1. The number of rotatable bonds is 29.